The Kier molecular flexibility index (Phi) is 13.2. The Bertz CT molecular complexity index is 596. The van der Waals surface area contributed by atoms with E-state index in [1.54, 1.807) is 19.2 Å². The summed E-state index contributed by atoms with van der Waals surface area (Å²) < 4.78 is 19.2. The minimum atomic E-state index is -0.283. The lowest BCUT2D eigenvalue weighted by Gasteiger charge is -2.32. The summed E-state index contributed by atoms with van der Waals surface area (Å²) in [5.74, 6) is 1.05. The van der Waals surface area contributed by atoms with Crippen LogP contribution in [-0.4, -0.2) is 81.8 Å². The SMILES string of the molecule is CCC(CNC(=NC)NCCCCN1CCN(C)CC1)Oc1cccc(F)c1.I. The van der Waals surface area contributed by atoms with Gasteiger partial charge in [-0.2, -0.15) is 0 Å². The predicted molar refractivity (Wildman–Crippen MR) is 129 cm³/mol. The van der Waals surface area contributed by atoms with Crippen LogP contribution in [0.1, 0.15) is 26.2 Å². The first-order valence-corrected chi connectivity index (χ1v) is 10.4. The van der Waals surface area contributed by atoms with Gasteiger partial charge in [-0.15, -0.1) is 24.0 Å². The van der Waals surface area contributed by atoms with E-state index in [1.807, 2.05) is 0 Å². The number of piperazine rings is 1. The molecule has 0 aliphatic carbocycles. The number of hydrogen-bond donors (Lipinski definition) is 2. The fourth-order valence-corrected chi connectivity index (χ4v) is 3.17. The maximum Gasteiger partial charge on any atom is 0.191 e. The van der Waals surface area contributed by atoms with E-state index >= 15 is 0 Å². The molecule has 1 aromatic carbocycles. The van der Waals surface area contributed by atoms with E-state index in [2.05, 4.69) is 39.4 Å². The molecule has 1 aliphatic rings. The van der Waals surface area contributed by atoms with Crippen molar-refractivity contribution in [3.8, 4) is 5.75 Å². The van der Waals surface area contributed by atoms with E-state index in [0.29, 0.717) is 12.3 Å². The Hall–Kier alpha value is -1.13. The number of benzene rings is 1. The molecule has 2 N–H and O–H groups in total. The van der Waals surface area contributed by atoms with Gasteiger partial charge in [-0.3, -0.25) is 4.99 Å². The maximum atomic E-state index is 13.3. The molecule has 0 amide bonds. The van der Waals surface area contributed by atoms with Crippen LogP contribution in [0.3, 0.4) is 0 Å². The minimum absolute atomic E-state index is 0. The number of halogens is 2. The first-order valence-electron chi connectivity index (χ1n) is 10.4. The number of nitrogens with one attached hydrogen (secondary N) is 2. The lowest BCUT2D eigenvalue weighted by molar-refractivity contribution is 0.152. The highest BCUT2D eigenvalue weighted by Crippen LogP contribution is 2.14. The molecule has 2 rings (SSSR count). The molecule has 1 aliphatic heterocycles. The van der Waals surface area contributed by atoms with Crippen molar-refractivity contribution in [2.45, 2.75) is 32.3 Å². The van der Waals surface area contributed by atoms with Gasteiger partial charge in [0, 0.05) is 45.8 Å². The third-order valence-corrected chi connectivity index (χ3v) is 5.06. The number of nitrogens with zero attached hydrogens (tertiary/aromatic N) is 3. The normalized spacial score (nSPS) is 16.8. The Morgan fingerprint density at radius 1 is 1.21 bits per heavy atom. The van der Waals surface area contributed by atoms with Gasteiger partial charge in [0.1, 0.15) is 17.7 Å². The molecule has 0 radical (unpaired) electrons. The molecule has 1 fully saturated rings. The molecule has 1 heterocycles. The molecule has 0 saturated carbocycles. The smallest absolute Gasteiger partial charge is 0.191 e. The molecule has 166 valence electrons. The van der Waals surface area contributed by atoms with Crippen LogP contribution in [0.4, 0.5) is 4.39 Å². The molecule has 1 saturated heterocycles. The van der Waals surface area contributed by atoms with Crippen molar-refractivity contribution in [3.05, 3.63) is 30.1 Å². The van der Waals surface area contributed by atoms with Gasteiger partial charge >= 0.3 is 0 Å². The Morgan fingerprint density at radius 3 is 2.62 bits per heavy atom. The number of aliphatic imine (C=N–C) groups is 1. The maximum absolute atomic E-state index is 13.3. The van der Waals surface area contributed by atoms with Crippen molar-refractivity contribution < 1.29 is 9.13 Å². The zero-order valence-electron chi connectivity index (χ0n) is 18.0. The molecular weight excluding hydrogens is 484 g/mol. The summed E-state index contributed by atoms with van der Waals surface area (Å²) in [6, 6.07) is 6.27. The minimum Gasteiger partial charge on any atom is -0.489 e. The Morgan fingerprint density at radius 2 is 1.97 bits per heavy atom. The third kappa shape index (κ3) is 10.5. The first-order chi connectivity index (χ1) is 13.6. The molecule has 1 unspecified atom stereocenters. The van der Waals surface area contributed by atoms with Crippen LogP contribution in [-0.2, 0) is 0 Å². The third-order valence-electron chi connectivity index (χ3n) is 5.06. The van der Waals surface area contributed by atoms with Crippen LogP contribution in [0.5, 0.6) is 5.75 Å². The second-order valence-electron chi connectivity index (χ2n) is 7.34. The van der Waals surface area contributed by atoms with Gasteiger partial charge in [-0.25, -0.2) is 4.39 Å². The quantitative estimate of drug-likeness (QED) is 0.215. The zero-order valence-corrected chi connectivity index (χ0v) is 20.3. The van der Waals surface area contributed by atoms with Crippen molar-refractivity contribution in [2.24, 2.45) is 4.99 Å². The molecule has 0 aromatic heterocycles. The van der Waals surface area contributed by atoms with Crippen molar-refractivity contribution in [2.75, 3.05) is 59.9 Å². The highest BCUT2D eigenvalue weighted by Gasteiger charge is 2.13. The summed E-state index contributed by atoms with van der Waals surface area (Å²) in [7, 11) is 3.96. The van der Waals surface area contributed by atoms with Crippen molar-refractivity contribution in [1.29, 1.82) is 0 Å². The average molecular weight is 521 g/mol. The van der Waals surface area contributed by atoms with Crippen LogP contribution in [0.15, 0.2) is 29.3 Å². The number of guanidine groups is 1. The lowest BCUT2D eigenvalue weighted by Crippen LogP contribution is -2.45. The van der Waals surface area contributed by atoms with Crippen LogP contribution in [0, 0.1) is 5.82 Å². The standard InChI is InChI=1S/C21H36FN5O.HI/c1-4-19(28-20-9-7-8-18(22)16-20)17-25-21(23-2)24-10-5-6-11-27-14-12-26(3)13-15-27;/h7-9,16,19H,4-6,10-15,17H2,1-3H3,(H2,23,24,25);1H. The van der Waals surface area contributed by atoms with Gasteiger partial charge in [0.05, 0.1) is 6.54 Å². The molecule has 6 nitrogen and oxygen atoms in total. The summed E-state index contributed by atoms with van der Waals surface area (Å²) in [6.07, 6.45) is 3.08. The van der Waals surface area contributed by atoms with Crippen molar-refractivity contribution in [1.82, 2.24) is 20.4 Å². The van der Waals surface area contributed by atoms with E-state index in [0.717, 1.165) is 25.3 Å². The number of unbranched alkanes of at least 4 members (excludes halogenated alkanes) is 1. The molecular formula is C21H37FIN5O. The number of ether oxygens (including phenoxy) is 1. The van der Waals surface area contributed by atoms with Gasteiger partial charge in [0.25, 0.3) is 0 Å². The van der Waals surface area contributed by atoms with E-state index in [9.17, 15) is 4.39 Å². The summed E-state index contributed by atoms with van der Waals surface area (Å²) in [4.78, 5) is 9.20. The average Bonchev–Trinajstić information content (AvgIpc) is 2.70. The first kappa shape index (κ1) is 25.9. The molecule has 1 atom stereocenters. The van der Waals surface area contributed by atoms with E-state index in [-0.39, 0.29) is 35.9 Å². The van der Waals surface area contributed by atoms with E-state index in [1.165, 1.54) is 51.3 Å². The fourth-order valence-electron chi connectivity index (χ4n) is 3.17. The van der Waals surface area contributed by atoms with Crippen LogP contribution in [0.25, 0.3) is 0 Å². The fraction of sp³-hybridized carbons (Fsp3) is 0.667. The monoisotopic (exact) mass is 521 g/mol. The van der Waals surface area contributed by atoms with Crippen molar-refractivity contribution >= 4 is 29.9 Å². The molecule has 8 heteroatoms. The van der Waals surface area contributed by atoms with E-state index in [4.69, 9.17) is 4.74 Å². The van der Waals surface area contributed by atoms with Crippen LogP contribution in [0.2, 0.25) is 0 Å². The summed E-state index contributed by atoms with van der Waals surface area (Å²) in [5.41, 5.74) is 0. The molecule has 29 heavy (non-hydrogen) atoms. The topological polar surface area (TPSA) is 52.1 Å². The van der Waals surface area contributed by atoms with Gasteiger partial charge in [0.2, 0.25) is 0 Å². The molecule has 0 spiro atoms. The number of likely N-dealkylation sites (N-methyl/N-ethyl adjacent to an activating group) is 1. The summed E-state index contributed by atoms with van der Waals surface area (Å²) in [5, 5.41) is 6.67. The van der Waals surface area contributed by atoms with E-state index < -0.39 is 0 Å². The summed E-state index contributed by atoms with van der Waals surface area (Å²) in [6.45, 7) is 9.44. The highest BCUT2D eigenvalue weighted by molar-refractivity contribution is 14.0. The largest absolute Gasteiger partial charge is 0.489 e. The highest BCUT2D eigenvalue weighted by atomic mass is 127. The molecule has 0 bridgehead atoms. The van der Waals surface area contributed by atoms with Crippen LogP contribution < -0.4 is 15.4 Å². The molecule has 1 aromatic rings. The van der Waals surface area contributed by atoms with Gasteiger partial charge < -0.3 is 25.2 Å². The van der Waals surface area contributed by atoms with Crippen LogP contribution >= 0.6 is 24.0 Å². The lowest BCUT2D eigenvalue weighted by atomic mass is 10.2. The van der Waals surface area contributed by atoms with Gasteiger partial charge in [-0.05, 0) is 45.0 Å². The number of rotatable bonds is 10. The Balaban J connectivity index is 0.00000420. The summed E-state index contributed by atoms with van der Waals surface area (Å²) >= 11 is 0. The zero-order chi connectivity index (χ0) is 20.2. The van der Waals surface area contributed by atoms with Gasteiger partial charge in [0.15, 0.2) is 5.96 Å². The van der Waals surface area contributed by atoms with Crippen molar-refractivity contribution in [3.63, 3.8) is 0 Å². The number of hydrogen-bond acceptors (Lipinski definition) is 4. The van der Waals surface area contributed by atoms with Gasteiger partial charge in [-0.1, -0.05) is 13.0 Å². The second-order valence-corrected chi connectivity index (χ2v) is 7.34. The second kappa shape index (κ2) is 14.8. The Labute approximate surface area is 192 Å². The predicted octanol–water partition coefficient (Wildman–Crippen LogP) is 2.79.